The quantitative estimate of drug-likeness (QED) is 0.680. The molecule has 0 unspecified atom stereocenters. The Kier molecular flexibility index (Phi) is 3.35. The molecule has 0 fully saturated rings. The molecule has 0 aliphatic rings. The maximum Gasteiger partial charge on any atom is 0.332 e. The number of imidazole rings is 2. The van der Waals surface area contributed by atoms with Gasteiger partial charge >= 0.3 is 5.69 Å². The second-order valence-corrected chi connectivity index (χ2v) is 5.81. The highest BCUT2D eigenvalue weighted by Gasteiger charge is 2.19. The van der Waals surface area contributed by atoms with Crippen LogP contribution >= 0.6 is 0 Å². The molecule has 0 N–H and O–H groups in total. The zero-order valence-corrected chi connectivity index (χ0v) is 13.5. The number of rotatable bonds is 4. The number of aromatic nitrogens is 5. The van der Waals surface area contributed by atoms with E-state index in [1.54, 1.807) is 24.4 Å². The van der Waals surface area contributed by atoms with E-state index in [-0.39, 0.29) is 12.1 Å². The first-order valence-electron chi connectivity index (χ1n) is 7.29. The van der Waals surface area contributed by atoms with Crippen LogP contribution in [0.25, 0.3) is 16.9 Å². The molecule has 3 aromatic heterocycles. The van der Waals surface area contributed by atoms with E-state index in [0.717, 1.165) is 11.3 Å². The minimum Gasteiger partial charge on any atom is -0.310 e. The van der Waals surface area contributed by atoms with Gasteiger partial charge in [-0.25, -0.2) is 4.79 Å². The Labute approximate surface area is 132 Å². The van der Waals surface area contributed by atoms with Gasteiger partial charge < -0.3 is 4.57 Å². The Morgan fingerprint density at radius 1 is 1.35 bits per heavy atom. The minimum atomic E-state index is -0.391. The summed E-state index contributed by atoms with van der Waals surface area (Å²) < 4.78 is 6.28. The molecule has 0 saturated heterocycles. The molecule has 0 aromatic carbocycles. The fourth-order valence-corrected chi connectivity index (χ4v) is 2.82. The molecule has 0 bridgehead atoms. The number of hydrogen-bond donors (Lipinski definition) is 0. The molecular formula is C16H19N5O2. The van der Waals surface area contributed by atoms with Crippen molar-refractivity contribution >= 4 is 16.9 Å². The van der Waals surface area contributed by atoms with Gasteiger partial charge in [0, 0.05) is 25.5 Å². The van der Waals surface area contributed by atoms with E-state index >= 15 is 0 Å². The lowest BCUT2D eigenvalue weighted by atomic mass is 10.3. The Hall–Kier alpha value is -2.83. The lowest BCUT2D eigenvalue weighted by Crippen LogP contribution is -2.39. The van der Waals surface area contributed by atoms with Crippen molar-refractivity contribution in [2.24, 2.45) is 7.05 Å². The summed E-state index contributed by atoms with van der Waals surface area (Å²) in [6, 6.07) is 0. The smallest absolute Gasteiger partial charge is 0.310 e. The van der Waals surface area contributed by atoms with Crippen LogP contribution < -0.4 is 11.2 Å². The van der Waals surface area contributed by atoms with E-state index in [2.05, 4.69) is 18.1 Å². The van der Waals surface area contributed by atoms with Crippen molar-refractivity contribution in [1.82, 2.24) is 23.1 Å². The summed E-state index contributed by atoms with van der Waals surface area (Å²) in [7, 11) is 1.62. The molecule has 0 saturated carbocycles. The van der Waals surface area contributed by atoms with Crippen LogP contribution in [0.4, 0.5) is 0 Å². The molecule has 120 valence electrons. The Balaban J connectivity index is 2.50. The van der Waals surface area contributed by atoms with E-state index < -0.39 is 5.69 Å². The van der Waals surface area contributed by atoms with Gasteiger partial charge in [-0.2, -0.15) is 4.98 Å². The molecule has 0 aliphatic heterocycles. The predicted molar refractivity (Wildman–Crippen MR) is 89.9 cm³/mol. The average molecular weight is 313 g/mol. The van der Waals surface area contributed by atoms with Crippen LogP contribution in [0.3, 0.4) is 0 Å². The average Bonchev–Trinajstić information content (AvgIpc) is 2.98. The van der Waals surface area contributed by atoms with Gasteiger partial charge in [-0.1, -0.05) is 18.2 Å². The molecule has 0 spiro atoms. The van der Waals surface area contributed by atoms with Crippen molar-refractivity contribution in [3.63, 3.8) is 0 Å². The summed E-state index contributed by atoms with van der Waals surface area (Å²) in [5.41, 5.74) is 1.74. The molecular weight excluding hydrogens is 294 g/mol. The third kappa shape index (κ3) is 2.08. The number of allylic oxidation sites excluding steroid dienone is 2. The summed E-state index contributed by atoms with van der Waals surface area (Å²) in [5, 5.41) is 0. The molecule has 0 atom stereocenters. The number of fused-ring (bicyclic) bond motifs is 3. The molecule has 3 aromatic rings. The van der Waals surface area contributed by atoms with Gasteiger partial charge in [0.25, 0.3) is 5.56 Å². The van der Waals surface area contributed by atoms with E-state index in [0.29, 0.717) is 23.5 Å². The minimum absolute atomic E-state index is 0.195. The Bertz CT molecular complexity index is 1070. The van der Waals surface area contributed by atoms with Crippen molar-refractivity contribution < 1.29 is 0 Å². The molecule has 0 aliphatic carbocycles. The zero-order chi connectivity index (χ0) is 16.9. The Morgan fingerprint density at radius 2 is 2.04 bits per heavy atom. The van der Waals surface area contributed by atoms with Gasteiger partial charge in [-0.3, -0.25) is 18.3 Å². The summed E-state index contributed by atoms with van der Waals surface area (Å²) in [6.45, 7) is 12.0. The van der Waals surface area contributed by atoms with Crippen LogP contribution in [0.15, 0.2) is 40.6 Å². The fourth-order valence-electron chi connectivity index (χ4n) is 2.82. The van der Waals surface area contributed by atoms with Crippen LogP contribution in [0.5, 0.6) is 0 Å². The van der Waals surface area contributed by atoms with Crippen LogP contribution in [-0.2, 0) is 20.1 Å². The molecule has 3 rings (SSSR count). The second kappa shape index (κ2) is 5.12. The van der Waals surface area contributed by atoms with Gasteiger partial charge in [0.15, 0.2) is 11.2 Å². The molecule has 23 heavy (non-hydrogen) atoms. The van der Waals surface area contributed by atoms with Crippen molar-refractivity contribution in [2.45, 2.75) is 26.9 Å². The number of hydrogen-bond acceptors (Lipinski definition) is 3. The summed E-state index contributed by atoms with van der Waals surface area (Å²) in [5.74, 6) is 0.623. The highest BCUT2D eigenvalue weighted by atomic mass is 16.2. The van der Waals surface area contributed by atoms with Gasteiger partial charge in [0.1, 0.15) is 0 Å². The second-order valence-electron chi connectivity index (χ2n) is 5.81. The topological polar surface area (TPSA) is 66.2 Å². The fraction of sp³-hybridized carbons (Fsp3) is 0.312. The molecule has 0 radical (unpaired) electrons. The molecule has 0 amide bonds. The first kappa shape index (κ1) is 15.1. The van der Waals surface area contributed by atoms with Crippen LogP contribution in [0, 0.1) is 6.92 Å². The van der Waals surface area contributed by atoms with Crippen LogP contribution in [0.2, 0.25) is 0 Å². The van der Waals surface area contributed by atoms with E-state index in [1.165, 1.54) is 9.13 Å². The summed E-state index contributed by atoms with van der Waals surface area (Å²) >= 11 is 0. The monoisotopic (exact) mass is 313 g/mol. The maximum absolute atomic E-state index is 12.8. The van der Waals surface area contributed by atoms with E-state index in [4.69, 9.17) is 0 Å². The third-order valence-corrected chi connectivity index (χ3v) is 3.88. The lowest BCUT2D eigenvalue weighted by Gasteiger charge is -2.07. The predicted octanol–water partition coefficient (Wildman–Crippen LogP) is 1.22. The van der Waals surface area contributed by atoms with Crippen molar-refractivity contribution in [1.29, 1.82) is 0 Å². The van der Waals surface area contributed by atoms with E-state index in [9.17, 15) is 9.59 Å². The van der Waals surface area contributed by atoms with Crippen molar-refractivity contribution in [2.75, 3.05) is 0 Å². The third-order valence-electron chi connectivity index (χ3n) is 3.88. The Morgan fingerprint density at radius 3 is 2.65 bits per heavy atom. The van der Waals surface area contributed by atoms with Crippen molar-refractivity contribution in [3.05, 3.63) is 57.5 Å². The number of nitrogens with zero attached hydrogens (tertiary/aromatic N) is 5. The highest BCUT2D eigenvalue weighted by molar-refractivity contribution is 5.75. The van der Waals surface area contributed by atoms with Gasteiger partial charge in [0.05, 0.1) is 6.54 Å². The van der Waals surface area contributed by atoms with Gasteiger partial charge in [-0.15, -0.1) is 6.58 Å². The molecule has 7 heteroatoms. The lowest BCUT2D eigenvalue weighted by molar-refractivity contribution is 0.651. The maximum atomic E-state index is 12.8. The molecule has 7 nitrogen and oxygen atoms in total. The standard InChI is InChI=1S/C16H19N5O2/c1-6-7-19-11(4)9-20-12-13(17-15(19)20)18(5)16(23)21(14(12)22)8-10(2)3/h6,9H,1-2,7-8H2,3-5H3. The van der Waals surface area contributed by atoms with Gasteiger partial charge in [0.2, 0.25) is 5.78 Å². The summed E-state index contributed by atoms with van der Waals surface area (Å²) in [6.07, 6.45) is 3.62. The van der Waals surface area contributed by atoms with Crippen LogP contribution in [0.1, 0.15) is 12.6 Å². The highest BCUT2D eigenvalue weighted by Crippen LogP contribution is 2.16. The largest absolute Gasteiger partial charge is 0.332 e. The van der Waals surface area contributed by atoms with Gasteiger partial charge in [-0.05, 0) is 13.8 Å². The zero-order valence-electron chi connectivity index (χ0n) is 13.5. The van der Waals surface area contributed by atoms with Crippen LogP contribution in [-0.4, -0.2) is 23.1 Å². The summed E-state index contributed by atoms with van der Waals surface area (Å²) in [4.78, 5) is 29.7. The van der Waals surface area contributed by atoms with E-state index in [1.807, 2.05) is 17.7 Å². The number of aryl methyl sites for hydroxylation is 2. The van der Waals surface area contributed by atoms with Crippen molar-refractivity contribution in [3.8, 4) is 0 Å². The SMILES string of the molecule is C=CCn1c(C)cn2c3c(=O)n(CC(=C)C)c(=O)n(C)c3nc12. The normalized spacial score (nSPS) is 11.4. The first-order chi connectivity index (χ1) is 10.9. The molecule has 3 heterocycles. The first-order valence-corrected chi connectivity index (χ1v) is 7.29.